The van der Waals surface area contributed by atoms with Crippen molar-refractivity contribution in [3.63, 3.8) is 0 Å². The van der Waals surface area contributed by atoms with Crippen molar-refractivity contribution < 1.29 is 0 Å². The van der Waals surface area contributed by atoms with Crippen LogP contribution in [0.4, 0.5) is 0 Å². The van der Waals surface area contributed by atoms with Gasteiger partial charge in [0.05, 0.1) is 0 Å². The highest BCUT2D eigenvalue weighted by atomic mass is 31.1. The average molecular weight is 178 g/mol. The summed E-state index contributed by atoms with van der Waals surface area (Å²) in [6.45, 7) is 9.48. The first-order chi connectivity index (χ1) is 4.63. The van der Waals surface area contributed by atoms with Crippen LogP contribution in [0, 0.1) is 0 Å². The Morgan fingerprint density at radius 3 is 1.20 bits per heavy atom. The zero-order valence-corrected chi connectivity index (χ0v) is 9.51. The molecule has 10 heavy (non-hydrogen) atoms. The average Bonchev–Trinajstić information content (AvgIpc) is 1.79. The third-order valence-electron chi connectivity index (χ3n) is 1.46. The quantitative estimate of drug-likeness (QED) is 0.447. The van der Waals surface area contributed by atoms with Crippen molar-refractivity contribution >= 4 is 15.8 Å². The Morgan fingerprint density at radius 2 is 1.00 bits per heavy atom. The van der Waals surface area contributed by atoms with Crippen LogP contribution in [-0.4, -0.2) is 39.0 Å². The van der Waals surface area contributed by atoms with Gasteiger partial charge in [0, 0.05) is 0 Å². The van der Waals surface area contributed by atoms with E-state index >= 15 is 0 Å². The van der Waals surface area contributed by atoms with Crippen LogP contribution in [-0.2, 0) is 0 Å². The molecule has 0 amide bonds. The second-order valence-electron chi connectivity index (χ2n) is 3.31. The second-order valence-corrected chi connectivity index (χ2v) is 8.53. The first-order valence-corrected chi connectivity index (χ1v) is 8.76. The van der Waals surface area contributed by atoms with Crippen LogP contribution in [0.5, 0.6) is 0 Å². The normalized spacial score (nSPS) is 11.4. The third kappa shape index (κ3) is 8.86. The van der Waals surface area contributed by atoms with Crippen LogP contribution in [0.25, 0.3) is 0 Å². The van der Waals surface area contributed by atoms with Gasteiger partial charge in [0.1, 0.15) is 0 Å². The van der Waals surface area contributed by atoms with Crippen molar-refractivity contribution in [2.24, 2.45) is 0 Å². The minimum Gasteiger partial charge on any atom is -0.113 e. The molecule has 0 aliphatic heterocycles. The highest BCUT2D eigenvalue weighted by Crippen LogP contribution is 2.29. The molecule has 0 fully saturated rings. The van der Waals surface area contributed by atoms with E-state index in [1.807, 2.05) is 0 Å². The minimum absolute atomic E-state index is 0.376. The predicted octanol–water partition coefficient (Wildman–Crippen LogP) is 3.25. The third-order valence-corrected chi connectivity index (χ3v) is 3.88. The molecule has 0 saturated heterocycles. The van der Waals surface area contributed by atoms with Gasteiger partial charge in [-0.05, 0) is 51.8 Å². The number of unbranched alkanes of at least 4 members (excludes halogenated alkanes) is 1. The summed E-state index contributed by atoms with van der Waals surface area (Å²) in [5.74, 6) is 0. The number of hydrogen-bond donors (Lipinski definition) is 0. The zero-order chi connectivity index (χ0) is 7.98. The topological polar surface area (TPSA) is 0 Å². The van der Waals surface area contributed by atoms with E-state index in [0.717, 1.165) is 0 Å². The fourth-order valence-corrected chi connectivity index (χ4v) is 2.57. The summed E-state index contributed by atoms with van der Waals surface area (Å²) in [6, 6.07) is 0. The van der Waals surface area contributed by atoms with Crippen molar-refractivity contribution in [3.05, 3.63) is 0 Å². The van der Waals surface area contributed by atoms with Gasteiger partial charge in [-0.15, -0.1) is 15.8 Å². The van der Waals surface area contributed by atoms with Crippen LogP contribution >= 0.6 is 15.8 Å². The Bertz CT molecular complexity index is 59.7. The molecule has 0 unspecified atom stereocenters. The summed E-state index contributed by atoms with van der Waals surface area (Å²) >= 11 is 0. The zero-order valence-electron chi connectivity index (χ0n) is 7.72. The highest BCUT2D eigenvalue weighted by Gasteiger charge is 1.94. The molecule has 0 aliphatic rings. The molecule has 0 saturated carbocycles. The summed E-state index contributed by atoms with van der Waals surface area (Å²) in [5, 5.41) is 0. The Kier molecular flexibility index (Phi) is 7.13. The Labute approximate surface area is 68.3 Å². The highest BCUT2D eigenvalue weighted by molar-refractivity contribution is 7.56. The van der Waals surface area contributed by atoms with Crippen LogP contribution in [0.15, 0.2) is 0 Å². The second kappa shape index (κ2) is 6.56. The molecule has 2 heteroatoms. The largest absolute Gasteiger partial charge is 0.113 e. The molecule has 62 valence electrons. The SMILES string of the molecule is CP(C)CCCCP(C)C. The molecule has 0 aromatic heterocycles. The summed E-state index contributed by atoms with van der Waals surface area (Å²) < 4.78 is 0. The van der Waals surface area contributed by atoms with E-state index in [4.69, 9.17) is 0 Å². The number of rotatable bonds is 5. The number of hydrogen-bond acceptors (Lipinski definition) is 0. The van der Waals surface area contributed by atoms with Gasteiger partial charge in [-0.1, -0.05) is 0 Å². The van der Waals surface area contributed by atoms with Gasteiger partial charge < -0.3 is 0 Å². The van der Waals surface area contributed by atoms with E-state index < -0.39 is 0 Å². The predicted molar refractivity (Wildman–Crippen MR) is 56.5 cm³/mol. The standard InChI is InChI=1S/C8H20P2/c1-9(2)7-5-6-8-10(3)4/h5-8H2,1-4H3. The van der Waals surface area contributed by atoms with Gasteiger partial charge in [-0.2, -0.15) is 0 Å². The molecule has 0 aliphatic carbocycles. The van der Waals surface area contributed by atoms with Gasteiger partial charge in [0.25, 0.3) is 0 Å². The summed E-state index contributed by atoms with van der Waals surface area (Å²) in [7, 11) is 0.752. The van der Waals surface area contributed by atoms with E-state index in [1.54, 1.807) is 0 Å². The molecular weight excluding hydrogens is 158 g/mol. The maximum Gasteiger partial charge on any atom is -0.0331 e. The molecule has 0 radical (unpaired) electrons. The molecule has 0 heterocycles. The van der Waals surface area contributed by atoms with Gasteiger partial charge >= 0.3 is 0 Å². The Morgan fingerprint density at radius 1 is 0.700 bits per heavy atom. The molecule has 0 aromatic rings. The Hall–Kier alpha value is 0.860. The van der Waals surface area contributed by atoms with E-state index in [0.29, 0.717) is 15.8 Å². The van der Waals surface area contributed by atoms with E-state index in [1.165, 1.54) is 25.2 Å². The Balaban J connectivity index is 2.91. The summed E-state index contributed by atoms with van der Waals surface area (Å²) in [4.78, 5) is 0. The van der Waals surface area contributed by atoms with Crippen molar-refractivity contribution in [1.29, 1.82) is 0 Å². The molecule has 0 bridgehead atoms. The maximum absolute atomic E-state index is 2.37. The van der Waals surface area contributed by atoms with Gasteiger partial charge in [-0.25, -0.2) is 0 Å². The maximum atomic E-state index is 2.37. The van der Waals surface area contributed by atoms with Crippen LogP contribution < -0.4 is 0 Å². The van der Waals surface area contributed by atoms with Crippen LogP contribution in [0.1, 0.15) is 12.8 Å². The van der Waals surface area contributed by atoms with Crippen LogP contribution in [0.2, 0.25) is 0 Å². The smallest absolute Gasteiger partial charge is 0.0331 e. The lowest BCUT2D eigenvalue weighted by Crippen LogP contribution is -1.86. The van der Waals surface area contributed by atoms with E-state index in [-0.39, 0.29) is 0 Å². The van der Waals surface area contributed by atoms with Crippen molar-refractivity contribution in [1.82, 2.24) is 0 Å². The first kappa shape index (κ1) is 10.9. The van der Waals surface area contributed by atoms with Crippen LogP contribution in [0.3, 0.4) is 0 Å². The lowest BCUT2D eigenvalue weighted by Gasteiger charge is -2.06. The molecule has 0 aromatic carbocycles. The first-order valence-electron chi connectivity index (χ1n) is 3.92. The van der Waals surface area contributed by atoms with Crippen molar-refractivity contribution in [2.75, 3.05) is 39.0 Å². The van der Waals surface area contributed by atoms with Gasteiger partial charge in [0.15, 0.2) is 0 Å². The fourth-order valence-electron chi connectivity index (χ4n) is 0.856. The molecule has 0 atom stereocenters. The van der Waals surface area contributed by atoms with Gasteiger partial charge in [-0.3, -0.25) is 0 Å². The van der Waals surface area contributed by atoms with Crippen molar-refractivity contribution in [2.45, 2.75) is 12.8 Å². The summed E-state index contributed by atoms with van der Waals surface area (Å²) in [6.07, 6.45) is 5.91. The summed E-state index contributed by atoms with van der Waals surface area (Å²) in [5.41, 5.74) is 0. The monoisotopic (exact) mass is 178 g/mol. The van der Waals surface area contributed by atoms with E-state index in [9.17, 15) is 0 Å². The fraction of sp³-hybridized carbons (Fsp3) is 1.00. The molecule has 0 N–H and O–H groups in total. The lowest BCUT2D eigenvalue weighted by atomic mass is 10.4. The molecule has 0 nitrogen and oxygen atoms in total. The molecule has 0 rings (SSSR count). The van der Waals surface area contributed by atoms with Gasteiger partial charge in [0.2, 0.25) is 0 Å². The van der Waals surface area contributed by atoms with Crippen molar-refractivity contribution in [3.8, 4) is 0 Å². The molecule has 0 spiro atoms. The van der Waals surface area contributed by atoms with E-state index in [2.05, 4.69) is 26.7 Å². The lowest BCUT2D eigenvalue weighted by molar-refractivity contribution is 0.899. The minimum atomic E-state index is 0.376. The molecular formula is C8H20P2.